The molecule has 1 saturated heterocycles. The van der Waals surface area contributed by atoms with Gasteiger partial charge in [-0.1, -0.05) is 67.4 Å². The summed E-state index contributed by atoms with van der Waals surface area (Å²) in [7, 11) is -0.357. The molecule has 6 nitrogen and oxygen atoms in total. The number of carbonyl (C=O) groups excluding carboxylic acids is 1. The Morgan fingerprint density at radius 3 is 2.32 bits per heavy atom. The van der Waals surface area contributed by atoms with Crippen LogP contribution < -0.4 is 5.46 Å². The Morgan fingerprint density at radius 1 is 0.951 bits per heavy atom. The van der Waals surface area contributed by atoms with E-state index in [1.807, 2.05) is 48.7 Å². The highest BCUT2D eigenvalue weighted by atomic mass is 35.5. The number of aliphatic hydroxyl groups excluding tert-OH is 1. The van der Waals surface area contributed by atoms with E-state index < -0.39 is 0 Å². The largest absolute Gasteiger partial charge is 0.495 e. The van der Waals surface area contributed by atoms with Crippen LogP contribution in [0.2, 0.25) is 10.0 Å². The average molecular weight is 589 g/mol. The molecule has 9 heteroatoms. The van der Waals surface area contributed by atoms with Crippen molar-refractivity contribution < 1.29 is 19.2 Å². The third-order valence-corrected chi connectivity index (χ3v) is 8.71. The second kappa shape index (κ2) is 11.0. The number of halogens is 2. The molecule has 2 aliphatic rings. The van der Waals surface area contributed by atoms with Crippen molar-refractivity contribution in [2.24, 2.45) is 5.41 Å². The van der Waals surface area contributed by atoms with Crippen molar-refractivity contribution in [3.63, 3.8) is 0 Å². The molecule has 0 spiro atoms. The molecule has 0 unspecified atom stereocenters. The number of benzene rings is 3. The third-order valence-electron chi connectivity index (χ3n) is 8.07. The van der Waals surface area contributed by atoms with Crippen molar-refractivity contribution in [2.75, 3.05) is 19.8 Å². The molecule has 3 N–H and O–H groups in total. The van der Waals surface area contributed by atoms with E-state index in [1.165, 1.54) is 5.56 Å². The average Bonchev–Trinajstić information content (AvgIpc) is 3.47. The lowest BCUT2D eigenvalue weighted by atomic mass is 9.75. The Hall–Kier alpha value is -3.07. The number of aldehydes is 1. The van der Waals surface area contributed by atoms with Crippen LogP contribution in [-0.4, -0.2) is 48.3 Å². The van der Waals surface area contributed by atoms with Gasteiger partial charge in [0.05, 0.1) is 11.6 Å². The van der Waals surface area contributed by atoms with Gasteiger partial charge in [0.1, 0.15) is 0 Å². The predicted molar refractivity (Wildman–Crippen MR) is 167 cm³/mol. The smallest absolute Gasteiger partial charge is 0.407 e. The Labute approximate surface area is 249 Å². The highest BCUT2D eigenvalue weighted by molar-refractivity contribution is 6.65. The normalized spacial score (nSPS) is 17.3. The molecule has 7 rings (SSSR count). The fraction of sp³-hybridized carbons (Fsp3) is 0.281. The summed E-state index contributed by atoms with van der Waals surface area (Å²) in [6.45, 7) is 5.81. The Bertz CT molecular complexity index is 1710. The van der Waals surface area contributed by atoms with E-state index in [4.69, 9.17) is 32.5 Å². The Balaban J connectivity index is 0.000000152. The summed E-state index contributed by atoms with van der Waals surface area (Å²) in [5.41, 5.74) is 6.55. The van der Waals surface area contributed by atoms with Gasteiger partial charge in [-0.2, -0.15) is 0 Å². The molecule has 2 fully saturated rings. The van der Waals surface area contributed by atoms with Gasteiger partial charge in [0.25, 0.3) is 0 Å². The van der Waals surface area contributed by atoms with Gasteiger partial charge in [0.15, 0.2) is 6.29 Å². The molecule has 3 aromatic carbocycles. The van der Waals surface area contributed by atoms with Gasteiger partial charge in [0, 0.05) is 74.5 Å². The molecule has 0 amide bonds. The number of nitrogens with one attached hydrogen (secondary N) is 2. The van der Waals surface area contributed by atoms with E-state index in [9.17, 15) is 9.90 Å². The number of aromatic amines is 2. The van der Waals surface area contributed by atoms with Crippen molar-refractivity contribution >= 4 is 63.9 Å². The molecule has 0 atom stereocenters. The molecule has 41 heavy (non-hydrogen) atoms. The number of hydrogen-bond donors (Lipinski definition) is 3. The van der Waals surface area contributed by atoms with E-state index >= 15 is 0 Å². The minimum Gasteiger partial charge on any atom is -0.407 e. The van der Waals surface area contributed by atoms with E-state index in [-0.39, 0.29) is 24.6 Å². The summed E-state index contributed by atoms with van der Waals surface area (Å²) >= 11 is 12.7. The summed E-state index contributed by atoms with van der Waals surface area (Å²) in [5.74, 6) is 0. The van der Waals surface area contributed by atoms with Crippen molar-refractivity contribution in [2.45, 2.75) is 32.1 Å². The second-order valence-corrected chi connectivity index (χ2v) is 12.6. The molecule has 2 aromatic heterocycles. The summed E-state index contributed by atoms with van der Waals surface area (Å²) in [6.07, 6.45) is 6.52. The summed E-state index contributed by atoms with van der Waals surface area (Å²) in [6, 6.07) is 18.0. The zero-order valence-electron chi connectivity index (χ0n) is 23.0. The molecule has 1 aliphatic carbocycles. The fourth-order valence-corrected chi connectivity index (χ4v) is 5.85. The third kappa shape index (κ3) is 5.57. The fourth-order valence-electron chi connectivity index (χ4n) is 5.32. The lowest BCUT2D eigenvalue weighted by molar-refractivity contribution is 0.0343. The van der Waals surface area contributed by atoms with Crippen LogP contribution in [0.5, 0.6) is 0 Å². The zero-order valence-corrected chi connectivity index (χ0v) is 24.5. The first-order chi connectivity index (χ1) is 19.7. The number of H-pyrrole nitrogens is 2. The van der Waals surface area contributed by atoms with Gasteiger partial charge in [-0.25, -0.2) is 0 Å². The van der Waals surface area contributed by atoms with Crippen LogP contribution in [0.25, 0.3) is 32.9 Å². The molecular formula is C32H31BCl2N2O4. The first-order valence-corrected chi connectivity index (χ1v) is 14.4. The Morgan fingerprint density at radius 2 is 1.66 bits per heavy atom. The van der Waals surface area contributed by atoms with E-state index in [2.05, 4.69) is 35.9 Å². The number of carbonyl (C=O) groups is 1. The van der Waals surface area contributed by atoms with Crippen LogP contribution in [0.15, 0.2) is 67.0 Å². The highest BCUT2D eigenvalue weighted by Crippen LogP contribution is 2.48. The molecule has 0 radical (unpaired) electrons. The van der Waals surface area contributed by atoms with Crippen molar-refractivity contribution in [3.8, 4) is 11.1 Å². The maximum absolute atomic E-state index is 11.1. The molecule has 210 valence electrons. The quantitative estimate of drug-likeness (QED) is 0.154. The monoisotopic (exact) mass is 588 g/mol. The summed E-state index contributed by atoms with van der Waals surface area (Å²) in [5, 5.41) is 12.8. The standard InChI is InChI=1S/C19H16ClNO2.C13H15BClNO2/c20-17-8-18-16(13(10-22)9-21-18)7-15(17)12-1-3-14(4-2-12)19(11-23)5-6-19;1-13(2)7-17-14(18-8-13)10-5-9-3-4-16-12(9)6-11(10)15/h1-4,7-10,21,23H,5-6,11H2;3-6,16H,7-8H2,1-2H3. The maximum atomic E-state index is 11.1. The predicted octanol–water partition coefficient (Wildman–Crippen LogP) is 6.91. The van der Waals surface area contributed by atoms with Crippen molar-refractivity contribution in [1.82, 2.24) is 9.97 Å². The number of hydrogen-bond acceptors (Lipinski definition) is 4. The first-order valence-electron chi connectivity index (χ1n) is 13.7. The lowest BCUT2D eigenvalue weighted by Gasteiger charge is -2.33. The lowest BCUT2D eigenvalue weighted by Crippen LogP contribution is -2.47. The van der Waals surface area contributed by atoms with Crippen LogP contribution in [0, 0.1) is 5.41 Å². The molecule has 1 aliphatic heterocycles. The van der Waals surface area contributed by atoms with E-state index in [0.29, 0.717) is 28.8 Å². The minimum absolute atomic E-state index is 0.0302. The van der Waals surface area contributed by atoms with E-state index in [1.54, 1.807) is 6.20 Å². The topological polar surface area (TPSA) is 87.3 Å². The van der Waals surface area contributed by atoms with Crippen LogP contribution in [0.4, 0.5) is 0 Å². The van der Waals surface area contributed by atoms with Crippen LogP contribution >= 0.6 is 23.2 Å². The number of aliphatic hydroxyl groups is 1. The van der Waals surface area contributed by atoms with Gasteiger partial charge >= 0.3 is 7.12 Å². The summed E-state index contributed by atoms with van der Waals surface area (Å²) < 4.78 is 11.5. The number of aromatic nitrogens is 2. The van der Waals surface area contributed by atoms with Gasteiger partial charge in [0.2, 0.25) is 0 Å². The van der Waals surface area contributed by atoms with Gasteiger partial charge < -0.3 is 24.4 Å². The zero-order chi connectivity index (χ0) is 28.8. The number of rotatable bonds is 5. The first kappa shape index (κ1) is 28.1. The minimum atomic E-state index is -0.357. The van der Waals surface area contributed by atoms with Gasteiger partial charge in [-0.05, 0) is 53.6 Å². The Kier molecular flexibility index (Phi) is 7.51. The van der Waals surface area contributed by atoms with E-state index in [0.717, 1.165) is 57.5 Å². The summed E-state index contributed by atoms with van der Waals surface area (Å²) in [4.78, 5) is 17.3. The van der Waals surface area contributed by atoms with Crippen molar-refractivity contribution in [3.05, 3.63) is 88.2 Å². The van der Waals surface area contributed by atoms with Gasteiger partial charge in [-0.15, -0.1) is 0 Å². The number of fused-ring (bicyclic) bond motifs is 2. The molecular weight excluding hydrogens is 558 g/mol. The molecule has 0 bridgehead atoms. The maximum Gasteiger partial charge on any atom is 0.495 e. The van der Waals surface area contributed by atoms with Crippen LogP contribution in [0.1, 0.15) is 42.6 Å². The van der Waals surface area contributed by atoms with Gasteiger partial charge in [-0.3, -0.25) is 4.79 Å². The molecule has 3 heterocycles. The van der Waals surface area contributed by atoms with Crippen LogP contribution in [-0.2, 0) is 14.7 Å². The molecule has 5 aromatic rings. The highest BCUT2D eigenvalue weighted by Gasteiger charge is 2.43. The molecule has 1 saturated carbocycles. The van der Waals surface area contributed by atoms with Crippen LogP contribution in [0.3, 0.4) is 0 Å². The second-order valence-electron chi connectivity index (χ2n) is 11.8. The van der Waals surface area contributed by atoms with Crippen molar-refractivity contribution in [1.29, 1.82) is 0 Å². The SMILES string of the molecule is CC1(C)COB(c2cc3cc[nH]c3cc2Cl)OC1.O=Cc1c[nH]c2cc(Cl)c(-c3ccc(C4(CO)CC4)cc3)cc12.